The van der Waals surface area contributed by atoms with Crippen molar-refractivity contribution in [3.8, 4) is 0 Å². The number of aryl methyl sites for hydroxylation is 4. The molecule has 6 atom stereocenters. The average Bonchev–Trinajstić information content (AvgIpc) is 3.84. The largest absolute Gasteiger partial charge is 0.361 e. The summed E-state index contributed by atoms with van der Waals surface area (Å²) in [7, 11) is 0. The summed E-state index contributed by atoms with van der Waals surface area (Å²) in [6.45, 7) is 9.68. The van der Waals surface area contributed by atoms with E-state index in [0.717, 1.165) is 0 Å². The van der Waals surface area contributed by atoms with Crippen LogP contribution in [0.15, 0.2) is 0 Å². The number of nitrogens with one attached hydrogen (secondary N) is 2. The van der Waals surface area contributed by atoms with Crippen LogP contribution in [0.3, 0.4) is 0 Å². The van der Waals surface area contributed by atoms with E-state index < -0.39 is 0 Å². The molecule has 3 fully saturated rings. The van der Waals surface area contributed by atoms with Crippen molar-refractivity contribution in [1.82, 2.24) is 19.9 Å². The Morgan fingerprint density at radius 1 is 0.409 bits per heavy atom. The van der Waals surface area contributed by atoms with Crippen molar-refractivity contribution in [2.45, 2.75) is 166 Å². The van der Waals surface area contributed by atoms with E-state index in [0.29, 0.717) is 35.5 Å². The Bertz CT molecular complexity index is 1600. The summed E-state index contributed by atoms with van der Waals surface area (Å²) in [4.78, 5) is 19.8. The van der Waals surface area contributed by atoms with E-state index in [9.17, 15) is 0 Å². The van der Waals surface area contributed by atoms with Gasteiger partial charge in [0.25, 0.3) is 0 Å². The Kier molecular flexibility index (Phi) is 6.58. The molecule has 9 rings (SSSR count). The zero-order valence-corrected chi connectivity index (χ0v) is 27.7. The summed E-state index contributed by atoms with van der Waals surface area (Å²) >= 11 is 0. The van der Waals surface area contributed by atoms with Gasteiger partial charge in [0.1, 0.15) is 0 Å². The van der Waals surface area contributed by atoms with Gasteiger partial charge in [-0.1, -0.05) is 38.5 Å². The summed E-state index contributed by atoms with van der Waals surface area (Å²) in [5.41, 5.74) is 20.5. The maximum atomic E-state index is 5.73. The molecule has 2 aromatic rings. The van der Waals surface area contributed by atoms with E-state index >= 15 is 0 Å². The number of H-pyrrole nitrogens is 2. The molecule has 2 N–H and O–H groups in total. The van der Waals surface area contributed by atoms with E-state index in [1.807, 2.05) is 0 Å². The minimum absolute atomic E-state index is 0.570. The Morgan fingerprint density at radius 3 is 1.14 bits per heavy atom. The molecule has 0 radical (unpaired) electrons. The van der Waals surface area contributed by atoms with Crippen molar-refractivity contribution in [3.05, 3.63) is 67.5 Å². The Morgan fingerprint density at radius 2 is 0.750 bits per heavy atom. The number of hydrogen-bond acceptors (Lipinski definition) is 2. The normalized spacial score (nSPS) is 30.2. The van der Waals surface area contributed by atoms with Crippen molar-refractivity contribution >= 4 is 11.0 Å². The molecule has 6 unspecified atom stereocenters. The molecule has 8 bridgehead atoms. The molecule has 0 amide bonds. The minimum atomic E-state index is 0.570. The maximum absolute atomic E-state index is 5.73. The van der Waals surface area contributed by atoms with Gasteiger partial charge < -0.3 is 9.97 Å². The average molecular weight is 589 g/mol. The van der Waals surface area contributed by atoms with Crippen LogP contribution in [-0.2, 0) is 12.8 Å². The minimum Gasteiger partial charge on any atom is -0.361 e. The summed E-state index contributed by atoms with van der Waals surface area (Å²) in [6, 6.07) is 0. The molecule has 44 heavy (non-hydrogen) atoms. The highest BCUT2D eigenvalue weighted by Gasteiger charge is 2.42. The van der Waals surface area contributed by atoms with Crippen LogP contribution >= 0.6 is 0 Å². The first-order valence-corrected chi connectivity index (χ1v) is 18.5. The zero-order valence-electron chi connectivity index (χ0n) is 27.7. The van der Waals surface area contributed by atoms with Crippen molar-refractivity contribution in [3.63, 3.8) is 0 Å². The SMILES string of the molecule is Cc1c2nc(c(C)c3[nH]c(c(C)c4nc(c(C)c5[nH]c1C1CCCCC51)C1CCCCC41)c1c3CCCC1)C1CCCCC21. The molecule has 232 valence electrons. The molecule has 0 saturated heterocycles. The molecule has 3 saturated carbocycles. The van der Waals surface area contributed by atoms with Crippen LogP contribution in [0.4, 0.5) is 0 Å². The Labute approximate surface area is 264 Å². The monoisotopic (exact) mass is 588 g/mol. The summed E-state index contributed by atoms with van der Waals surface area (Å²) in [5, 5.41) is 0. The second-order valence-electron chi connectivity index (χ2n) is 15.7. The van der Waals surface area contributed by atoms with Gasteiger partial charge in [-0.15, -0.1) is 0 Å². The number of rotatable bonds is 0. The van der Waals surface area contributed by atoms with Crippen LogP contribution in [0.2, 0.25) is 0 Å². The first-order chi connectivity index (χ1) is 21.5. The van der Waals surface area contributed by atoms with Crippen LogP contribution in [0, 0.1) is 27.7 Å². The van der Waals surface area contributed by atoms with Gasteiger partial charge in [-0.3, -0.25) is 9.97 Å². The molecule has 5 heterocycles. The van der Waals surface area contributed by atoms with E-state index in [1.165, 1.54) is 170 Å². The number of aromatic nitrogens is 4. The summed E-state index contributed by atoms with van der Waals surface area (Å²) < 4.78 is 0. The highest BCUT2D eigenvalue weighted by molar-refractivity contribution is 5.78. The lowest BCUT2D eigenvalue weighted by molar-refractivity contribution is 0.389. The van der Waals surface area contributed by atoms with Gasteiger partial charge in [-0.2, -0.15) is 0 Å². The van der Waals surface area contributed by atoms with Gasteiger partial charge in [-0.25, -0.2) is 0 Å². The first kappa shape index (κ1) is 27.7. The van der Waals surface area contributed by atoms with Crippen LogP contribution in [0.25, 0.3) is 11.0 Å². The lowest BCUT2D eigenvalue weighted by Crippen LogP contribution is -2.15. The van der Waals surface area contributed by atoms with Crippen LogP contribution in [-0.4, -0.2) is 19.9 Å². The number of nitrogens with zero attached hydrogens (tertiary/aromatic N) is 2. The predicted molar refractivity (Wildman–Crippen MR) is 180 cm³/mol. The molecule has 4 heteroatoms. The zero-order chi connectivity index (χ0) is 29.7. The van der Waals surface area contributed by atoms with Gasteiger partial charge in [0, 0.05) is 80.7 Å². The lowest BCUT2D eigenvalue weighted by Gasteiger charge is -2.29. The van der Waals surface area contributed by atoms with E-state index in [4.69, 9.17) is 9.97 Å². The fraction of sp³-hybridized carbons (Fsp3) is 0.650. The van der Waals surface area contributed by atoms with E-state index in [1.54, 1.807) is 11.1 Å². The lowest BCUT2D eigenvalue weighted by atomic mass is 9.73. The van der Waals surface area contributed by atoms with Crippen molar-refractivity contribution < 1.29 is 0 Å². The molecule has 4 nitrogen and oxygen atoms in total. The summed E-state index contributed by atoms with van der Waals surface area (Å²) in [5.74, 6) is 3.52. The molecular formula is C40H52N4. The highest BCUT2D eigenvalue weighted by atomic mass is 14.9. The smallest absolute Gasteiger partial charge is 0.0494 e. The standard InChI is InChI=1S/C40H52N4/c1-21-33-25-13-5-7-15-27(25)35(41-33)22(2)37-29-17-9-11-19-31(29)39(43-37)24(4)40-32-20-12-10-18-30(32)38(44-40)23(3)36-28-16-8-6-14-26(28)34(21)42-36/h25-29,31,41,44H,5-20H2,1-4H3. The third-order valence-corrected chi connectivity index (χ3v) is 13.6. The number of aromatic amines is 2. The molecule has 0 spiro atoms. The van der Waals surface area contributed by atoms with Gasteiger partial charge in [0.2, 0.25) is 0 Å². The van der Waals surface area contributed by atoms with Crippen LogP contribution in [0.1, 0.15) is 193 Å². The van der Waals surface area contributed by atoms with E-state index in [2.05, 4.69) is 37.7 Å². The third kappa shape index (κ3) is 3.94. The molecule has 3 aliphatic heterocycles. The molecule has 2 aromatic heterocycles. The predicted octanol–water partition coefficient (Wildman–Crippen LogP) is 10.5. The Balaban J connectivity index is 1.43. The topological polar surface area (TPSA) is 57.4 Å². The van der Waals surface area contributed by atoms with Crippen molar-refractivity contribution in [1.29, 1.82) is 0 Å². The third-order valence-electron chi connectivity index (χ3n) is 13.6. The maximum Gasteiger partial charge on any atom is 0.0494 e. The second-order valence-corrected chi connectivity index (χ2v) is 15.7. The van der Waals surface area contributed by atoms with Crippen molar-refractivity contribution in [2.24, 2.45) is 0 Å². The molecular weight excluding hydrogens is 536 g/mol. The van der Waals surface area contributed by atoms with Crippen molar-refractivity contribution in [2.75, 3.05) is 0 Å². The van der Waals surface area contributed by atoms with Gasteiger partial charge in [-0.05, 0) is 125 Å². The van der Waals surface area contributed by atoms with Crippen LogP contribution < -0.4 is 0 Å². The fourth-order valence-electron chi connectivity index (χ4n) is 11.4. The summed E-state index contributed by atoms with van der Waals surface area (Å²) in [6.07, 6.45) is 20.8. The van der Waals surface area contributed by atoms with Gasteiger partial charge in [0.05, 0.1) is 0 Å². The number of fused-ring (bicyclic) bond motifs is 20. The Hall–Kier alpha value is -2.62. The first-order valence-electron chi connectivity index (χ1n) is 18.5. The van der Waals surface area contributed by atoms with Gasteiger partial charge in [0.15, 0.2) is 0 Å². The van der Waals surface area contributed by atoms with Gasteiger partial charge >= 0.3 is 0 Å². The second kappa shape index (κ2) is 10.5. The molecule has 0 aromatic carbocycles. The quantitative estimate of drug-likeness (QED) is 0.322. The molecule has 7 aliphatic rings. The van der Waals surface area contributed by atoms with E-state index in [-0.39, 0.29) is 0 Å². The fourth-order valence-corrected chi connectivity index (χ4v) is 11.4. The highest BCUT2D eigenvalue weighted by Crippen LogP contribution is 2.54. The number of hydrogen-bond donors (Lipinski definition) is 2. The molecule has 4 aliphatic carbocycles. The van der Waals surface area contributed by atoms with Crippen LogP contribution in [0.5, 0.6) is 0 Å².